The number of rotatable bonds is 3. The van der Waals surface area contributed by atoms with Crippen molar-refractivity contribution in [2.24, 2.45) is 5.73 Å². The molecule has 1 atom stereocenters. The Morgan fingerprint density at radius 1 is 1.44 bits per heavy atom. The predicted molar refractivity (Wildman–Crippen MR) is 61.9 cm³/mol. The molecule has 0 aliphatic carbocycles. The summed E-state index contributed by atoms with van der Waals surface area (Å²) in [4.78, 5) is 24.4. The van der Waals surface area contributed by atoms with E-state index in [0.29, 0.717) is 0 Å². The van der Waals surface area contributed by atoms with Gasteiger partial charge in [-0.15, -0.1) is 0 Å². The first-order valence-electron chi connectivity index (χ1n) is 4.79. The van der Waals surface area contributed by atoms with Crippen molar-refractivity contribution in [1.29, 1.82) is 0 Å². The monoisotopic (exact) mass is 276 g/mol. The molecule has 9 heteroatoms. The highest BCUT2D eigenvalue weighted by molar-refractivity contribution is 7.86. The lowest BCUT2D eigenvalue weighted by atomic mass is 10.0. The molecule has 0 aliphatic heterocycles. The zero-order valence-electron chi connectivity index (χ0n) is 9.59. The van der Waals surface area contributed by atoms with Gasteiger partial charge >= 0.3 is 0 Å². The van der Waals surface area contributed by atoms with Crippen molar-refractivity contribution < 1.29 is 22.9 Å². The van der Waals surface area contributed by atoms with Crippen LogP contribution in [0.2, 0.25) is 0 Å². The first-order valence-corrected chi connectivity index (χ1v) is 6.29. The average molecular weight is 276 g/mol. The fourth-order valence-electron chi connectivity index (χ4n) is 1.66. The number of pyridine rings is 1. The Kier molecular flexibility index (Phi) is 3.49. The minimum Gasteiger partial charge on any atom is -0.494 e. The van der Waals surface area contributed by atoms with Gasteiger partial charge in [-0.1, -0.05) is 0 Å². The molecular weight excluding hydrogens is 264 g/mol. The lowest BCUT2D eigenvalue weighted by Crippen LogP contribution is -2.27. The summed E-state index contributed by atoms with van der Waals surface area (Å²) in [5, 5.41) is 8.02. The third kappa shape index (κ3) is 2.36. The molecule has 1 heterocycles. The van der Waals surface area contributed by atoms with Crippen LogP contribution in [0.1, 0.15) is 33.7 Å². The SMILES string of the molecule is Cc1c(C(C)S(=O)(=O)O)c(O)[nH]c(=O)c1C(N)=O. The van der Waals surface area contributed by atoms with Crippen molar-refractivity contribution >= 4 is 16.0 Å². The third-order valence-corrected chi connectivity index (χ3v) is 3.72. The predicted octanol–water partition coefficient (Wildman–Crippen LogP) is -0.563. The van der Waals surface area contributed by atoms with E-state index in [1.165, 1.54) is 6.92 Å². The summed E-state index contributed by atoms with van der Waals surface area (Å²) in [6.45, 7) is 2.35. The van der Waals surface area contributed by atoms with Crippen LogP contribution in [0, 0.1) is 6.92 Å². The molecule has 0 radical (unpaired) electrons. The topological polar surface area (TPSA) is 151 Å². The van der Waals surface area contributed by atoms with Gasteiger partial charge in [0.25, 0.3) is 21.6 Å². The van der Waals surface area contributed by atoms with E-state index in [1.807, 2.05) is 4.98 Å². The number of aromatic nitrogens is 1. The molecule has 1 unspecified atom stereocenters. The number of amides is 1. The van der Waals surface area contributed by atoms with Crippen LogP contribution in [0.4, 0.5) is 0 Å². The van der Waals surface area contributed by atoms with Gasteiger partial charge in [0.15, 0.2) is 5.88 Å². The second-order valence-electron chi connectivity index (χ2n) is 3.74. The molecule has 0 aliphatic rings. The molecule has 0 bridgehead atoms. The van der Waals surface area contributed by atoms with Crippen LogP contribution < -0.4 is 11.3 Å². The van der Waals surface area contributed by atoms with Gasteiger partial charge in [-0.3, -0.25) is 19.1 Å². The van der Waals surface area contributed by atoms with Gasteiger partial charge in [-0.05, 0) is 19.4 Å². The molecule has 0 saturated heterocycles. The Hall–Kier alpha value is -1.87. The maximum absolute atomic E-state index is 11.4. The lowest BCUT2D eigenvalue weighted by Gasteiger charge is -2.14. The number of H-pyrrole nitrogens is 1. The molecule has 100 valence electrons. The molecule has 1 rings (SSSR count). The second-order valence-corrected chi connectivity index (χ2v) is 5.47. The van der Waals surface area contributed by atoms with Gasteiger partial charge in [0.2, 0.25) is 0 Å². The maximum atomic E-state index is 11.4. The van der Waals surface area contributed by atoms with Crippen LogP contribution in [0.15, 0.2) is 4.79 Å². The quantitative estimate of drug-likeness (QED) is 0.543. The van der Waals surface area contributed by atoms with Crippen LogP contribution in [0.3, 0.4) is 0 Å². The molecule has 8 nitrogen and oxygen atoms in total. The summed E-state index contributed by atoms with van der Waals surface area (Å²) in [7, 11) is -4.49. The van der Waals surface area contributed by atoms with Crippen molar-refractivity contribution in [2.75, 3.05) is 0 Å². The fraction of sp³-hybridized carbons (Fsp3) is 0.333. The van der Waals surface area contributed by atoms with Gasteiger partial charge in [-0.2, -0.15) is 8.42 Å². The van der Waals surface area contributed by atoms with Crippen LogP contribution in [-0.2, 0) is 10.1 Å². The largest absolute Gasteiger partial charge is 0.494 e. The zero-order chi connectivity index (χ0) is 14.2. The molecular formula is C9H12N2O6S. The minimum atomic E-state index is -4.49. The highest BCUT2D eigenvalue weighted by Gasteiger charge is 2.28. The number of primary amides is 1. The number of aromatic amines is 1. The summed E-state index contributed by atoms with van der Waals surface area (Å²) in [6, 6.07) is 0. The average Bonchev–Trinajstić information content (AvgIpc) is 2.13. The van der Waals surface area contributed by atoms with Crippen molar-refractivity contribution in [2.45, 2.75) is 19.1 Å². The number of carbonyl (C=O) groups is 1. The van der Waals surface area contributed by atoms with Crippen molar-refractivity contribution in [3.05, 3.63) is 27.0 Å². The second kappa shape index (κ2) is 4.42. The van der Waals surface area contributed by atoms with E-state index in [-0.39, 0.29) is 11.1 Å². The first kappa shape index (κ1) is 14.2. The van der Waals surface area contributed by atoms with Crippen molar-refractivity contribution in [3.63, 3.8) is 0 Å². The number of aromatic hydroxyl groups is 1. The van der Waals surface area contributed by atoms with E-state index >= 15 is 0 Å². The minimum absolute atomic E-state index is 0.0890. The summed E-state index contributed by atoms with van der Waals surface area (Å²) in [5.41, 5.74) is 3.24. The molecule has 5 N–H and O–H groups in total. The van der Waals surface area contributed by atoms with Crippen molar-refractivity contribution in [1.82, 2.24) is 4.98 Å². The highest BCUT2D eigenvalue weighted by Crippen LogP contribution is 2.30. The molecule has 18 heavy (non-hydrogen) atoms. The van der Waals surface area contributed by atoms with Gasteiger partial charge in [0.05, 0.1) is 0 Å². The number of hydrogen-bond donors (Lipinski definition) is 4. The van der Waals surface area contributed by atoms with Gasteiger partial charge < -0.3 is 10.8 Å². The summed E-state index contributed by atoms with van der Waals surface area (Å²) >= 11 is 0. The van der Waals surface area contributed by atoms with Gasteiger partial charge in [-0.25, -0.2) is 0 Å². The Bertz CT molecular complexity index is 660. The lowest BCUT2D eigenvalue weighted by molar-refractivity contribution is 0.0998. The Morgan fingerprint density at radius 2 is 1.94 bits per heavy atom. The van der Waals surface area contributed by atoms with Gasteiger partial charge in [0, 0.05) is 5.56 Å². The Morgan fingerprint density at radius 3 is 2.33 bits per heavy atom. The van der Waals surface area contributed by atoms with Crippen molar-refractivity contribution in [3.8, 4) is 5.88 Å². The summed E-state index contributed by atoms with van der Waals surface area (Å²) < 4.78 is 31.0. The third-order valence-electron chi connectivity index (χ3n) is 2.59. The van der Waals surface area contributed by atoms with E-state index in [9.17, 15) is 23.1 Å². The fourth-order valence-corrected chi connectivity index (χ4v) is 2.25. The summed E-state index contributed by atoms with van der Waals surface area (Å²) in [5.74, 6) is -1.79. The molecule has 0 spiro atoms. The molecule has 1 aromatic rings. The molecule has 1 amide bonds. The maximum Gasteiger partial charge on any atom is 0.271 e. The molecule has 0 fully saturated rings. The number of carbonyl (C=O) groups excluding carboxylic acids is 1. The number of hydrogen-bond acceptors (Lipinski definition) is 5. The van der Waals surface area contributed by atoms with E-state index in [0.717, 1.165) is 6.92 Å². The van der Waals surface area contributed by atoms with E-state index < -0.39 is 38.3 Å². The van der Waals surface area contributed by atoms with Gasteiger partial charge in [0.1, 0.15) is 10.8 Å². The van der Waals surface area contributed by atoms with E-state index in [2.05, 4.69) is 0 Å². The normalized spacial score (nSPS) is 13.3. The van der Waals surface area contributed by atoms with Crippen LogP contribution >= 0.6 is 0 Å². The molecule has 0 saturated carbocycles. The Balaban J connectivity index is 3.71. The van der Waals surface area contributed by atoms with Crippen LogP contribution in [-0.4, -0.2) is 29.0 Å². The van der Waals surface area contributed by atoms with E-state index in [4.69, 9.17) is 10.3 Å². The first-order chi connectivity index (χ1) is 8.07. The molecule has 0 aromatic carbocycles. The van der Waals surface area contributed by atoms with Crippen LogP contribution in [0.5, 0.6) is 5.88 Å². The van der Waals surface area contributed by atoms with E-state index in [1.54, 1.807) is 0 Å². The van der Waals surface area contributed by atoms with Crippen LogP contribution in [0.25, 0.3) is 0 Å². The standard InChI is InChI=1S/C9H12N2O6S/c1-3-5(4(2)18(15,16)17)8(13)11-9(14)6(3)7(10)12/h4H,1-2H3,(H2,10,12)(H2,11,13,14)(H,15,16,17). The molecule has 1 aromatic heterocycles. The number of nitrogens with one attached hydrogen (secondary N) is 1. The summed E-state index contributed by atoms with van der Waals surface area (Å²) in [6.07, 6.45) is 0. The Labute approximate surface area is 102 Å². The highest BCUT2D eigenvalue weighted by atomic mass is 32.2. The smallest absolute Gasteiger partial charge is 0.271 e. The number of nitrogens with two attached hydrogens (primary N) is 1. The zero-order valence-corrected chi connectivity index (χ0v) is 10.4.